The van der Waals surface area contributed by atoms with E-state index >= 15 is 0 Å². The Balaban J connectivity index is 1.70. The summed E-state index contributed by atoms with van der Waals surface area (Å²) in [5.74, 6) is 0.731. The normalized spacial score (nSPS) is 26.3. The maximum absolute atomic E-state index is 12.5. The smallest absolute Gasteiger partial charge is 0.166 e. The van der Waals surface area contributed by atoms with E-state index in [9.17, 15) is 4.79 Å². The fourth-order valence-corrected chi connectivity index (χ4v) is 3.68. The summed E-state index contributed by atoms with van der Waals surface area (Å²) in [6.45, 7) is 0. The molecule has 0 saturated heterocycles. The average molecular weight is 242 g/mol. The summed E-state index contributed by atoms with van der Waals surface area (Å²) < 4.78 is 0. The minimum atomic E-state index is 0.331. The van der Waals surface area contributed by atoms with Gasteiger partial charge in [0, 0.05) is 11.5 Å². The number of ketones is 1. The van der Waals surface area contributed by atoms with Crippen LogP contribution in [-0.4, -0.2) is 5.78 Å². The van der Waals surface area contributed by atoms with Crippen molar-refractivity contribution in [1.29, 1.82) is 0 Å². The molecule has 1 aromatic rings. The summed E-state index contributed by atoms with van der Waals surface area (Å²) in [6.07, 6.45) is 10.5. The topological polar surface area (TPSA) is 17.1 Å². The molecule has 0 aromatic heterocycles. The van der Waals surface area contributed by atoms with Crippen molar-refractivity contribution in [2.75, 3.05) is 0 Å². The van der Waals surface area contributed by atoms with Gasteiger partial charge in [0.25, 0.3) is 0 Å². The minimum absolute atomic E-state index is 0.331. The Labute approximate surface area is 110 Å². The zero-order chi connectivity index (χ0) is 12.4. The Kier molecular flexibility index (Phi) is 3.23. The van der Waals surface area contributed by atoms with Crippen molar-refractivity contribution in [2.24, 2.45) is 11.3 Å². The van der Waals surface area contributed by atoms with Crippen LogP contribution in [-0.2, 0) is 0 Å². The molecule has 0 radical (unpaired) electrons. The van der Waals surface area contributed by atoms with Crippen LogP contribution in [0.5, 0.6) is 0 Å². The highest BCUT2D eigenvalue weighted by molar-refractivity contribution is 6.00. The van der Waals surface area contributed by atoms with Gasteiger partial charge in [-0.1, -0.05) is 62.4 Å². The van der Waals surface area contributed by atoms with Gasteiger partial charge in [0.15, 0.2) is 5.78 Å². The number of rotatable bonds is 2. The highest BCUT2D eigenvalue weighted by Gasteiger charge is 2.56. The average Bonchev–Trinajstić information content (AvgIpc) is 3.10. The molecular weight excluding hydrogens is 220 g/mol. The van der Waals surface area contributed by atoms with Gasteiger partial charge in [0.2, 0.25) is 0 Å². The van der Waals surface area contributed by atoms with Crippen molar-refractivity contribution in [3.63, 3.8) is 0 Å². The van der Waals surface area contributed by atoms with Gasteiger partial charge in [0.1, 0.15) is 0 Å². The molecule has 96 valence electrons. The zero-order valence-electron chi connectivity index (χ0n) is 11.0. The molecule has 2 fully saturated rings. The number of carbonyl (C=O) groups excluding carboxylic acids is 1. The number of benzene rings is 1. The van der Waals surface area contributed by atoms with Gasteiger partial charge in [-0.15, -0.1) is 0 Å². The van der Waals surface area contributed by atoms with Crippen molar-refractivity contribution in [2.45, 2.75) is 51.4 Å². The van der Waals surface area contributed by atoms with E-state index < -0.39 is 0 Å². The Morgan fingerprint density at radius 1 is 0.944 bits per heavy atom. The fourth-order valence-electron chi connectivity index (χ4n) is 3.68. The molecule has 0 heterocycles. The molecule has 1 nitrogen and oxygen atoms in total. The first kappa shape index (κ1) is 12.0. The summed E-state index contributed by atoms with van der Waals surface area (Å²) in [5.41, 5.74) is 1.31. The molecule has 0 aliphatic heterocycles. The largest absolute Gasteiger partial charge is 0.294 e. The Bertz CT molecular complexity index is 412. The molecule has 1 heteroatoms. The van der Waals surface area contributed by atoms with Crippen molar-refractivity contribution >= 4 is 5.78 Å². The van der Waals surface area contributed by atoms with Gasteiger partial charge in [0.05, 0.1) is 0 Å². The third-order valence-electron chi connectivity index (χ3n) is 4.91. The minimum Gasteiger partial charge on any atom is -0.294 e. The molecule has 2 saturated carbocycles. The summed E-state index contributed by atoms with van der Waals surface area (Å²) in [5, 5.41) is 0. The van der Waals surface area contributed by atoms with Gasteiger partial charge in [-0.2, -0.15) is 0 Å². The molecule has 3 rings (SSSR count). The predicted octanol–water partition coefficient (Wildman–Crippen LogP) is 4.62. The van der Waals surface area contributed by atoms with Crippen LogP contribution in [0.2, 0.25) is 0 Å². The first-order valence-corrected chi connectivity index (χ1v) is 7.41. The second-order valence-electron chi connectivity index (χ2n) is 6.12. The van der Waals surface area contributed by atoms with E-state index in [1.807, 2.05) is 30.3 Å². The molecule has 2 aliphatic carbocycles. The lowest BCUT2D eigenvalue weighted by molar-refractivity contribution is 0.0941. The van der Waals surface area contributed by atoms with E-state index in [1.165, 1.54) is 44.9 Å². The maximum Gasteiger partial charge on any atom is 0.166 e. The van der Waals surface area contributed by atoms with Crippen molar-refractivity contribution < 1.29 is 4.79 Å². The van der Waals surface area contributed by atoms with E-state index in [4.69, 9.17) is 0 Å². The first-order chi connectivity index (χ1) is 8.82. The summed E-state index contributed by atoms with van der Waals surface area (Å²) >= 11 is 0. The van der Waals surface area contributed by atoms with Crippen molar-refractivity contribution in [3.8, 4) is 0 Å². The fraction of sp³-hybridized carbons (Fsp3) is 0.588. The molecule has 1 aromatic carbocycles. The number of hydrogen-bond acceptors (Lipinski definition) is 1. The number of carbonyl (C=O) groups is 1. The van der Waals surface area contributed by atoms with Crippen LogP contribution in [0.1, 0.15) is 61.7 Å². The highest BCUT2D eigenvalue weighted by atomic mass is 16.1. The first-order valence-electron chi connectivity index (χ1n) is 7.41. The van der Waals surface area contributed by atoms with E-state index in [0.717, 1.165) is 12.0 Å². The summed E-state index contributed by atoms with van der Waals surface area (Å²) in [7, 11) is 0. The molecule has 1 atom stereocenters. The Hall–Kier alpha value is -1.11. The van der Waals surface area contributed by atoms with Crippen molar-refractivity contribution in [3.05, 3.63) is 35.9 Å². The second-order valence-corrected chi connectivity index (χ2v) is 6.12. The quantitative estimate of drug-likeness (QED) is 0.692. The van der Waals surface area contributed by atoms with Crippen LogP contribution in [0.25, 0.3) is 0 Å². The molecule has 0 bridgehead atoms. The lowest BCUT2D eigenvalue weighted by Crippen LogP contribution is -2.13. The molecule has 0 N–H and O–H groups in total. The molecule has 18 heavy (non-hydrogen) atoms. The number of Topliss-reactive ketones (excluding diaryl/α,β-unsaturated/α-hetero) is 1. The van der Waals surface area contributed by atoms with E-state index in [-0.39, 0.29) is 0 Å². The zero-order valence-corrected chi connectivity index (χ0v) is 11.0. The molecule has 2 aliphatic rings. The van der Waals surface area contributed by atoms with Crippen molar-refractivity contribution in [1.82, 2.24) is 0 Å². The standard InChI is InChI=1S/C17H22O/c18-16(14-9-5-4-6-10-14)15-13-17(15)11-7-2-1-3-8-12-17/h4-6,9-10,15H,1-3,7-8,11-13H2. The number of hydrogen-bond donors (Lipinski definition) is 0. The molecule has 0 amide bonds. The van der Waals surface area contributed by atoms with E-state index in [1.54, 1.807) is 0 Å². The van der Waals surface area contributed by atoms with Gasteiger partial charge in [-0.05, 0) is 24.7 Å². The molecular formula is C17H22O. The molecule has 1 spiro atoms. The van der Waals surface area contributed by atoms with Crippen LogP contribution in [0.3, 0.4) is 0 Å². The van der Waals surface area contributed by atoms with Crippen LogP contribution in [0.15, 0.2) is 30.3 Å². The van der Waals surface area contributed by atoms with Gasteiger partial charge in [-0.3, -0.25) is 4.79 Å². The van der Waals surface area contributed by atoms with Crippen LogP contribution >= 0.6 is 0 Å². The van der Waals surface area contributed by atoms with Crippen LogP contribution in [0, 0.1) is 11.3 Å². The van der Waals surface area contributed by atoms with E-state index in [2.05, 4.69) is 0 Å². The third kappa shape index (κ3) is 2.23. The third-order valence-corrected chi connectivity index (χ3v) is 4.91. The summed E-state index contributed by atoms with van der Waals surface area (Å²) in [4.78, 5) is 12.5. The monoisotopic (exact) mass is 242 g/mol. The molecule has 1 unspecified atom stereocenters. The highest BCUT2D eigenvalue weighted by Crippen LogP contribution is 2.61. The van der Waals surface area contributed by atoms with Gasteiger partial charge in [-0.25, -0.2) is 0 Å². The second kappa shape index (κ2) is 4.87. The van der Waals surface area contributed by atoms with Crippen LogP contribution < -0.4 is 0 Å². The Morgan fingerprint density at radius 2 is 1.56 bits per heavy atom. The maximum atomic E-state index is 12.5. The predicted molar refractivity (Wildman–Crippen MR) is 73.6 cm³/mol. The summed E-state index contributed by atoms with van der Waals surface area (Å²) in [6, 6.07) is 9.87. The van der Waals surface area contributed by atoms with E-state index in [0.29, 0.717) is 17.1 Å². The SMILES string of the molecule is O=C(c1ccccc1)C1CC12CCCCCCC2. The lowest BCUT2D eigenvalue weighted by atomic mass is 9.85. The van der Waals surface area contributed by atoms with Gasteiger partial charge >= 0.3 is 0 Å². The van der Waals surface area contributed by atoms with Crippen LogP contribution in [0.4, 0.5) is 0 Å². The van der Waals surface area contributed by atoms with Gasteiger partial charge < -0.3 is 0 Å². The Morgan fingerprint density at radius 3 is 2.22 bits per heavy atom. The lowest BCUT2D eigenvalue weighted by Gasteiger charge is -2.19.